The Morgan fingerprint density at radius 1 is 1.42 bits per heavy atom. The molecule has 0 atom stereocenters. The standard InChI is InChI=1S/C13H12FN3O2/c1-9-10(3-2-4-12(9)17(18)19)8-16-11-5-6-15-13(14)7-11/h2-7H,8H2,1H3,(H,15,16). The summed E-state index contributed by atoms with van der Waals surface area (Å²) in [4.78, 5) is 13.9. The Hall–Kier alpha value is -2.50. The van der Waals surface area contributed by atoms with E-state index in [4.69, 9.17) is 0 Å². The number of anilines is 1. The van der Waals surface area contributed by atoms with Gasteiger partial charge in [0.15, 0.2) is 0 Å². The Labute approximate surface area is 109 Å². The van der Waals surface area contributed by atoms with Crippen molar-refractivity contribution in [3.63, 3.8) is 0 Å². The number of aromatic nitrogens is 1. The van der Waals surface area contributed by atoms with Crippen LogP contribution in [0.3, 0.4) is 0 Å². The Morgan fingerprint density at radius 2 is 2.21 bits per heavy atom. The number of benzene rings is 1. The number of pyridine rings is 1. The van der Waals surface area contributed by atoms with Crippen LogP contribution in [0.25, 0.3) is 0 Å². The van der Waals surface area contributed by atoms with Gasteiger partial charge in [-0.05, 0) is 18.6 Å². The highest BCUT2D eigenvalue weighted by Gasteiger charge is 2.12. The fourth-order valence-electron chi connectivity index (χ4n) is 1.77. The molecule has 0 unspecified atom stereocenters. The minimum atomic E-state index is -0.569. The van der Waals surface area contributed by atoms with Crippen molar-refractivity contribution in [1.29, 1.82) is 0 Å². The molecule has 1 N–H and O–H groups in total. The molecule has 6 heteroatoms. The van der Waals surface area contributed by atoms with E-state index in [0.29, 0.717) is 17.8 Å². The summed E-state index contributed by atoms with van der Waals surface area (Å²) in [7, 11) is 0. The van der Waals surface area contributed by atoms with Crippen LogP contribution in [-0.2, 0) is 6.54 Å². The molecular weight excluding hydrogens is 249 g/mol. The molecule has 0 aliphatic carbocycles. The van der Waals surface area contributed by atoms with E-state index in [0.717, 1.165) is 5.56 Å². The number of halogens is 1. The third kappa shape index (κ3) is 3.04. The zero-order valence-electron chi connectivity index (χ0n) is 10.3. The van der Waals surface area contributed by atoms with Crippen LogP contribution in [0.5, 0.6) is 0 Å². The Balaban J connectivity index is 2.16. The number of nitro groups is 1. The Bertz CT molecular complexity index is 617. The highest BCUT2D eigenvalue weighted by molar-refractivity contribution is 5.47. The van der Waals surface area contributed by atoms with E-state index in [2.05, 4.69) is 10.3 Å². The Morgan fingerprint density at radius 3 is 2.89 bits per heavy atom. The van der Waals surface area contributed by atoms with Gasteiger partial charge >= 0.3 is 0 Å². The maximum Gasteiger partial charge on any atom is 0.272 e. The first kappa shape index (κ1) is 12.9. The van der Waals surface area contributed by atoms with E-state index >= 15 is 0 Å². The van der Waals surface area contributed by atoms with E-state index < -0.39 is 10.9 Å². The van der Waals surface area contributed by atoms with E-state index in [1.54, 1.807) is 25.1 Å². The maximum atomic E-state index is 12.9. The van der Waals surface area contributed by atoms with Gasteiger partial charge in [0, 0.05) is 36.1 Å². The molecule has 0 amide bonds. The molecule has 0 spiro atoms. The van der Waals surface area contributed by atoms with Crippen LogP contribution in [0, 0.1) is 23.0 Å². The lowest BCUT2D eigenvalue weighted by Gasteiger charge is -2.09. The number of nitrogens with one attached hydrogen (secondary N) is 1. The fourth-order valence-corrected chi connectivity index (χ4v) is 1.77. The van der Waals surface area contributed by atoms with Crippen LogP contribution in [0.4, 0.5) is 15.8 Å². The van der Waals surface area contributed by atoms with Crippen LogP contribution in [0.2, 0.25) is 0 Å². The number of hydrogen-bond donors (Lipinski definition) is 1. The molecule has 0 saturated heterocycles. The number of nitrogens with zero attached hydrogens (tertiary/aromatic N) is 2. The largest absolute Gasteiger partial charge is 0.381 e. The molecule has 5 nitrogen and oxygen atoms in total. The smallest absolute Gasteiger partial charge is 0.272 e. The summed E-state index contributed by atoms with van der Waals surface area (Å²) in [5.74, 6) is -0.569. The van der Waals surface area contributed by atoms with Crippen molar-refractivity contribution in [2.75, 3.05) is 5.32 Å². The second-order valence-corrected chi connectivity index (χ2v) is 4.04. The molecule has 1 aromatic heterocycles. The molecule has 2 rings (SSSR count). The van der Waals surface area contributed by atoms with Crippen LogP contribution in [0.15, 0.2) is 36.5 Å². The lowest BCUT2D eigenvalue weighted by atomic mass is 10.1. The quantitative estimate of drug-likeness (QED) is 0.521. The topological polar surface area (TPSA) is 68.1 Å². The third-order valence-electron chi connectivity index (χ3n) is 2.82. The van der Waals surface area contributed by atoms with Gasteiger partial charge in [-0.1, -0.05) is 12.1 Å². The van der Waals surface area contributed by atoms with Crippen LogP contribution < -0.4 is 5.32 Å². The molecule has 1 aromatic carbocycles. The fraction of sp³-hybridized carbons (Fsp3) is 0.154. The molecule has 0 saturated carbocycles. The van der Waals surface area contributed by atoms with Crippen LogP contribution >= 0.6 is 0 Å². The van der Waals surface area contributed by atoms with Crippen molar-refractivity contribution in [3.05, 3.63) is 63.7 Å². The SMILES string of the molecule is Cc1c(CNc2ccnc(F)c2)cccc1[N+](=O)[O-]. The molecular formula is C13H12FN3O2. The first-order valence-electron chi connectivity index (χ1n) is 5.66. The molecule has 2 aromatic rings. The van der Waals surface area contributed by atoms with Gasteiger partial charge in [0.05, 0.1) is 4.92 Å². The lowest BCUT2D eigenvalue weighted by molar-refractivity contribution is -0.385. The van der Waals surface area contributed by atoms with Crippen LogP contribution in [0.1, 0.15) is 11.1 Å². The summed E-state index contributed by atoms with van der Waals surface area (Å²) in [6, 6.07) is 7.80. The number of hydrogen-bond acceptors (Lipinski definition) is 4. The van der Waals surface area contributed by atoms with Gasteiger partial charge in [-0.15, -0.1) is 0 Å². The van der Waals surface area contributed by atoms with E-state index in [1.165, 1.54) is 18.3 Å². The molecule has 0 aliphatic rings. The highest BCUT2D eigenvalue weighted by Crippen LogP contribution is 2.21. The summed E-state index contributed by atoms with van der Waals surface area (Å²) in [5.41, 5.74) is 2.07. The molecule has 0 fully saturated rings. The van der Waals surface area contributed by atoms with E-state index in [9.17, 15) is 14.5 Å². The van der Waals surface area contributed by atoms with Gasteiger partial charge in [-0.25, -0.2) is 4.98 Å². The van der Waals surface area contributed by atoms with Crippen molar-refractivity contribution >= 4 is 11.4 Å². The van der Waals surface area contributed by atoms with Gasteiger partial charge in [-0.2, -0.15) is 4.39 Å². The average molecular weight is 261 g/mol. The van der Waals surface area contributed by atoms with Gasteiger partial charge in [-0.3, -0.25) is 10.1 Å². The predicted octanol–water partition coefficient (Wildman–Crippen LogP) is 3.05. The van der Waals surface area contributed by atoms with Gasteiger partial charge in [0.2, 0.25) is 5.95 Å². The second-order valence-electron chi connectivity index (χ2n) is 4.04. The molecule has 98 valence electrons. The zero-order valence-corrected chi connectivity index (χ0v) is 10.3. The molecule has 0 aliphatic heterocycles. The van der Waals surface area contributed by atoms with E-state index in [-0.39, 0.29) is 5.69 Å². The zero-order chi connectivity index (χ0) is 13.8. The average Bonchev–Trinajstić information content (AvgIpc) is 2.37. The molecule has 0 radical (unpaired) electrons. The third-order valence-corrected chi connectivity index (χ3v) is 2.82. The predicted molar refractivity (Wildman–Crippen MR) is 69.4 cm³/mol. The summed E-state index contributed by atoms with van der Waals surface area (Å²) in [6.07, 6.45) is 1.36. The number of rotatable bonds is 4. The summed E-state index contributed by atoms with van der Waals surface area (Å²) < 4.78 is 12.9. The molecule has 19 heavy (non-hydrogen) atoms. The van der Waals surface area contributed by atoms with Crippen molar-refractivity contribution in [1.82, 2.24) is 4.98 Å². The van der Waals surface area contributed by atoms with Crippen molar-refractivity contribution in [3.8, 4) is 0 Å². The van der Waals surface area contributed by atoms with Crippen molar-refractivity contribution < 1.29 is 9.31 Å². The second kappa shape index (κ2) is 5.43. The Kier molecular flexibility index (Phi) is 3.70. The van der Waals surface area contributed by atoms with Crippen molar-refractivity contribution in [2.45, 2.75) is 13.5 Å². The van der Waals surface area contributed by atoms with Gasteiger partial charge in [0.25, 0.3) is 5.69 Å². The van der Waals surface area contributed by atoms with Gasteiger partial charge < -0.3 is 5.32 Å². The normalized spacial score (nSPS) is 10.2. The van der Waals surface area contributed by atoms with E-state index in [1.807, 2.05) is 0 Å². The molecule has 1 heterocycles. The first-order valence-corrected chi connectivity index (χ1v) is 5.66. The maximum absolute atomic E-state index is 12.9. The summed E-state index contributed by atoms with van der Waals surface area (Å²) >= 11 is 0. The monoisotopic (exact) mass is 261 g/mol. The first-order chi connectivity index (χ1) is 9.08. The van der Waals surface area contributed by atoms with Crippen LogP contribution in [-0.4, -0.2) is 9.91 Å². The lowest BCUT2D eigenvalue weighted by Crippen LogP contribution is -2.03. The minimum Gasteiger partial charge on any atom is -0.381 e. The summed E-state index contributed by atoms with van der Waals surface area (Å²) in [6.45, 7) is 2.08. The molecule has 0 bridgehead atoms. The highest BCUT2D eigenvalue weighted by atomic mass is 19.1. The van der Waals surface area contributed by atoms with Crippen molar-refractivity contribution in [2.24, 2.45) is 0 Å². The number of nitro benzene ring substituents is 1. The summed E-state index contributed by atoms with van der Waals surface area (Å²) in [5, 5.41) is 13.8. The minimum absolute atomic E-state index is 0.0835. The van der Waals surface area contributed by atoms with Gasteiger partial charge in [0.1, 0.15) is 0 Å².